The van der Waals surface area contributed by atoms with Crippen molar-refractivity contribution in [3.63, 3.8) is 0 Å². The van der Waals surface area contributed by atoms with Crippen LogP contribution in [0.3, 0.4) is 0 Å². The summed E-state index contributed by atoms with van der Waals surface area (Å²) in [6.45, 7) is 2.78. The number of hydrazine groups is 1. The molecule has 0 spiro atoms. The average molecular weight is 365 g/mol. The summed E-state index contributed by atoms with van der Waals surface area (Å²) >= 11 is 0. The summed E-state index contributed by atoms with van der Waals surface area (Å²) in [4.78, 5) is 19.2. The van der Waals surface area contributed by atoms with Crippen LogP contribution < -0.4 is 21.1 Å². The van der Waals surface area contributed by atoms with Gasteiger partial charge in [0.1, 0.15) is 6.04 Å². The van der Waals surface area contributed by atoms with E-state index in [9.17, 15) is 4.79 Å². The van der Waals surface area contributed by atoms with Crippen molar-refractivity contribution >= 4 is 11.6 Å². The number of aryl methyl sites for hydroxylation is 1. The maximum atomic E-state index is 12.4. The number of aromatic nitrogens is 1. The van der Waals surface area contributed by atoms with Gasteiger partial charge < -0.3 is 10.2 Å². The normalized spacial score (nSPS) is 21.7. The van der Waals surface area contributed by atoms with Crippen molar-refractivity contribution in [2.24, 2.45) is 0 Å². The fourth-order valence-corrected chi connectivity index (χ4v) is 3.95. The molecule has 2 unspecified atom stereocenters. The molecule has 0 radical (unpaired) electrons. The largest absolute Gasteiger partial charge is 0.371 e. The zero-order chi connectivity index (χ0) is 18.5. The van der Waals surface area contributed by atoms with Crippen LogP contribution in [0.2, 0.25) is 0 Å². The van der Waals surface area contributed by atoms with E-state index < -0.39 is 0 Å². The van der Waals surface area contributed by atoms with Crippen LogP contribution in [-0.2, 0) is 11.2 Å². The van der Waals surface area contributed by atoms with E-state index in [0.717, 1.165) is 25.2 Å². The summed E-state index contributed by atoms with van der Waals surface area (Å²) in [6.07, 6.45) is 5.81. The fourth-order valence-electron chi connectivity index (χ4n) is 3.95. The van der Waals surface area contributed by atoms with E-state index in [1.165, 1.54) is 24.1 Å². The van der Waals surface area contributed by atoms with Crippen molar-refractivity contribution in [3.05, 3.63) is 59.9 Å². The molecule has 2 aliphatic rings. The van der Waals surface area contributed by atoms with Crippen molar-refractivity contribution in [1.29, 1.82) is 0 Å². The highest BCUT2D eigenvalue weighted by Gasteiger charge is 2.30. The summed E-state index contributed by atoms with van der Waals surface area (Å²) in [5.41, 5.74) is 10.0. The molecule has 1 aromatic carbocycles. The predicted octanol–water partition coefficient (Wildman–Crippen LogP) is 1.95. The molecule has 0 aliphatic carbocycles. The SMILES string of the molecule is O=C(NCCCN1CCCc2ccccc21)C1CC(c2ccccn2)NN1. The van der Waals surface area contributed by atoms with Gasteiger partial charge in [-0.3, -0.25) is 9.78 Å². The molecule has 4 rings (SSSR count). The van der Waals surface area contributed by atoms with Crippen molar-refractivity contribution in [2.75, 3.05) is 24.5 Å². The highest BCUT2D eigenvalue weighted by atomic mass is 16.2. The maximum Gasteiger partial charge on any atom is 0.238 e. The molecule has 27 heavy (non-hydrogen) atoms. The topological polar surface area (TPSA) is 69.3 Å². The number of carbonyl (C=O) groups excluding carboxylic acids is 1. The lowest BCUT2D eigenvalue weighted by Crippen LogP contribution is -2.44. The van der Waals surface area contributed by atoms with Gasteiger partial charge in [0.2, 0.25) is 5.91 Å². The van der Waals surface area contributed by atoms with E-state index in [1.54, 1.807) is 6.20 Å². The highest BCUT2D eigenvalue weighted by molar-refractivity contribution is 5.82. The molecule has 1 aromatic heterocycles. The lowest BCUT2D eigenvalue weighted by Gasteiger charge is -2.31. The number of hydrogen-bond acceptors (Lipinski definition) is 5. The van der Waals surface area contributed by atoms with Crippen molar-refractivity contribution in [2.45, 2.75) is 37.8 Å². The number of benzene rings is 1. The van der Waals surface area contributed by atoms with Crippen LogP contribution in [0.5, 0.6) is 0 Å². The third kappa shape index (κ3) is 4.28. The molecule has 6 heteroatoms. The van der Waals surface area contributed by atoms with Crippen molar-refractivity contribution in [1.82, 2.24) is 21.2 Å². The van der Waals surface area contributed by atoms with E-state index in [0.29, 0.717) is 13.0 Å². The standard InChI is InChI=1S/C21H27N5O/c27-21(19-15-18(24-25-19)17-9-3-4-11-22-17)23-12-6-14-26-13-5-8-16-7-1-2-10-20(16)26/h1-4,7,9-11,18-19,24-25H,5-6,8,12-15H2,(H,23,27). The Hall–Kier alpha value is -2.44. The third-order valence-electron chi connectivity index (χ3n) is 5.37. The first kappa shape index (κ1) is 17.9. The number of fused-ring (bicyclic) bond motifs is 1. The number of nitrogens with zero attached hydrogens (tertiary/aromatic N) is 2. The fraction of sp³-hybridized carbons (Fsp3) is 0.429. The van der Waals surface area contributed by atoms with Gasteiger partial charge in [0, 0.05) is 31.5 Å². The Morgan fingerprint density at radius 3 is 2.96 bits per heavy atom. The number of pyridine rings is 1. The van der Waals surface area contributed by atoms with Crippen molar-refractivity contribution in [3.8, 4) is 0 Å². The van der Waals surface area contributed by atoms with Crippen LogP contribution in [0.15, 0.2) is 48.7 Å². The summed E-state index contributed by atoms with van der Waals surface area (Å²) < 4.78 is 0. The van der Waals surface area contributed by atoms with E-state index in [2.05, 4.69) is 50.3 Å². The lowest BCUT2D eigenvalue weighted by molar-refractivity contribution is -0.122. The zero-order valence-electron chi connectivity index (χ0n) is 15.5. The average Bonchev–Trinajstić information content (AvgIpc) is 3.22. The van der Waals surface area contributed by atoms with E-state index in [4.69, 9.17) is 0 Å². The molecule has 2 aromatic rings. The molecule has 142 valence electrons. The molecule has 1 fully saturated rings. The van der Waals surface area contributed by atoms with Gasteiger partial charge in [-0.1, -0.05) is 24.3 Å². The Balaban J connectivity index is 1.21. The molecule has 0 saturated carbocycles. The maximum absolute atomic E-state index is 12.4. The highest BCUT2D eigenvalue weighted by Crippen LogP contribution is 2.26. The van der Waals surface area contributed by atoms with Gasteiger partial charge in [-0.15, -0.1) is 0 Å². The number of anilines is 1. The lowest BCUT2D eigenvalue weighted by atomic mass is 10.0. The number of para-hydroxylation sites is 1. The van der Waals surface area contributed by atoms with E-state index >= 15 is 0 Å². The Labute approximate surface area is 160 Å². The van der Waals surface area contributed by atoms with Crippen LogP contribution in [-0.4, -0.2) is 36.6 Å². The monoisotopic (exact) mass is 365 g/mol. The van der Waals surface area contributed by atoms with Gasteiger partial charge in [0.25, 0.3) is 0 Å². The molecule has 3 N–H and O–H groups in total. The number of carbonyl (C=O) groups is 1. The molecular formula is C21H27N5O. The second-order valence-electron chi connectivity index (χ2n) is 7.25. The summed E-state index contributed by atoms with van der Waals surface area (Å²) in [7, 11) is 0. The Morgan fingerprint density at radius 1 is 1.19 bits per heavy atom. The van der Waals surface area contributed by atoms with Crippen LogP contribution in [0, 0.1) is 0 Å². The van der Waals surface area contributed by atoms with Crippen LogP contribution in [0.25, 0.3) is 0 Å². The molecule has 1 saturated heterocycles. The molecule has 1 amide bonds. The summed E-state index contributed by atoms with van der Waals surface area (Å²) in [6, 6.07) is 14.4. The van der Waals surface area contributed by atoms with Gasteiger partial charge in [-0.25, -0.2) is 10.9 Å². The first-order valence-electron chi connectivity index (χ1n) is 9.84. The van der Waals surface area contributed by atoms with Crippen molar-refractivity contribution < 1.29 is 4.79 Å². The van der Waals surface area contributed by atoms with Gasteiger partial charge in [0.05, 0.1) is 11.7 Å². The van der Waals surface area contributed by atoms with E-state index in [-0.39, 0.29) is 18.0 Å². The third-order valence-corrected chi connectivity index (χ3v) is 5.37. The molecule has 2 aliphatic heterocycles. The minimum Gasteiger partial charge on any atom is -0.371 e. The smallest absolute Gasteiger partial charge is 0.238 e. The van der Waals surface area contributed by atoms with Gasteiger partial charge in [0.15, 0.2) is 0 Å². The number of amides is 1. The van der Waals surface area contributed by atoms with Gasteiger partial charge in [-0.2, -0.15) is 0 Å². The number of nitrogens with one attached hydrogen (secondary N) is 3. The Bertz CT molecular complexity index is 766. The first-order valence-corrected chi connectivity index (χ1v) is 9.84. The molecular weight excluding hydrogens is 338 g/mol. The number of hydrogen-bond donors (Lipinski definition) is 3. The second kappa shape index (κ2) is 8.50. The van der Waals surface area contributed by atoms with Crippen LogP contribution in [0.4, 0.5) is 5.69 Å². The first-order chi connectivity index (χ1) is 13.3. The summed E-state index contributed by atoms with van der Waals surface area (Å²) in [5.74, 6) is 0.0555. The van der Waals surface area contributed by atoms with Crippen LogP contribution in [0.1, 0.15) is 36.6 Å². The van der Waals surface area contributed by atoms with Gasteiger partial charge >= 0.3 is 0 Å². The molecule has 6 nitrogen and oxygen atoms in total. The minimum absolute atomic E-state index is 0.0555. The summed E-state index contributed by atoms with van der Waals surface area (Å²) in [5, 5.41) is 3.07. The molecule has 2 atom stereocenters. The van der Waals surface area contributed by atoms with Crippen LogP contribution >= 0.6 is 0 Å². The minimum atomic E-state index is -0.215. The Morgan fingerprint density at radius 2 is 2.07 bits per heavy atom. The zero-order valence-corrected chi connectivity index (χ0v) is 15.5. The molecule has 3 heterocycles. The van der Waals surface area contributed by atoms with E-state index in [1.807, 2.05) is 18.2 Å². The molecule has 0 bridgehead atoms. The predicted molar refractivity (Wildman–Crippen MR) is 106 cm³/mol. The number of rotatable bonds is 6. The van der Waals surface area contributed by atoms with Gasteiger partial charge in [-0.05, 0) is 49.4 Å². The second-order valence-corrected chi connectivity index (χ2v) is 7.25. The Kier molecular flexibility index (Phi) is 5.65. The quantitative estimate of drug-likeness (QED) is 0.683.